The number of hydrogen-bond donors (Lipinski definition) is 0. The van der Waals surface area contributed by atoms with Crippen molar-refractivity contribution in [3.8, 4) is 6.07 Å². The molecule has 0 aromatic heterocycles. The molecule has 62 valence electrons. The molecule has 4 atom stereocenters. The molecule has 2 aliphatic heterocycles. The van der Waals surface area contributed by atoms with E-state index < -0.39 is 0 Å². The average Bonchev–Trinajstić information content (AvgIpc) is 2.75. The summed E-state index contributed by atoms with van der Waals surface area (Å²) in [4.78, 5) is 0. The standard InChI is InChI=1S/C10H11NO/c11-5-6-3-7-8(4-6)10-2-1-9(7)12-10/h1-2,6-10H,3-4H2. The molecule has 0 aromatic carbocycles. The van der Waals surface area contributed by atoms with Gasteiger partial charge < -0.3 is 4.74 Å². The maximum atomic E-state index is 8.80. The Labute approximate surface area is 71.8 Å². The Morgan fingerprint density at radius 1 is 1.17 bits per heavy atom. The van der Waals surface area contributed by atoms with Crippen LogP contribution in [-0.2, 0) is 4.74 Å². The summed E-state index contributed by atoms with van der Waals surface area (Å²) in [6.07, 6.45) is 7.16. The van der Waals surface area contributed by atoms with Gasteiger partial charge in [-0.05, 0) is 24.7 Å². The lowest BCUT2D eigenvalue weighted by atomic mass is 9.86. The molecule has 0 spiro atoms. The smallest absolute Gasteiger partial charge is 0.0797 e. The van der Waals surface area contributed by atoms with Gasteiger partial charge in [0.1, 0.15) is 0 Å². The van der Waals surface area contributed by atoms with Crippen LogP contribution < -0.4 is 0 Å². The molecule has 2 heterocycles. The lowest BCUT2D eigenvalue weighted by molar-refractivity contribution is 0.0942. The predicted octanol–water partition coefficient (Wildman–Crippen LogP) is 1.49. The van der Waals surface area contributed by atoms with E-state index in [4.69, 9.17) is 10.00 Å². The number of fused-ring (bicyclic) bond motifs is 5. The minimum atomic E-state index is 0.300. The summed E-state index contributed by atoms with van der Waals surface area (Å²) >= 11 is 0. The number of nitrogens with zero attached hydrogens (tertiary/aromatic N) is 1. The molecular weight excluding hydrogens is 150 g/mol. The van der Waals surface area contributed by atoms with Crippen molar-refractivity contribution in [2.24, 2.45) is 17.8 Å². The van der Waals surface area contributed by atoms with Crippen molar-refractivity contribution >= 4 is 0 Å². The highest BCUT2D eigenvalue weighted by Crippen LogP contribution is 2.50. The second-order valence-electron chi connectivity index (χ2n) is 4.08. The van der Waals surface area contributed by atoms with Crippen molar-refractivity contribution in [3.05, 3.63) is 12.2 Å². The Bertz CT molecular complexity index is 258. The summed E-state index contributed by atoms with van der Waals surface area (Å²) in [6.45, 7) is 0. The third-order valence-electron chi connectivity index (χ3n) is 3.49. The van der Waals surface area contributed by atoms with Gasteiger partial charge in [-0.2, -0.15) is 5.26 Å². The first kappa shape index (κ1) is 6.68. The van der Waals surface area contributed by atoms with Crippen LogP contribution in [0.4, 0.5) is 0 Å². The Balaban J connectivity index is 1.87. The molecule has 12 heavy (non-hydrogen) atoms. The molecule has 0 amide bonds. The van der Waals surface area contributed by atoms with E-state index in [1.54, 1.807) is 0 Å². The summed E-state index contributed by atoms with van der Waals surface area (Å²) in [5.74, 6) is 1.61. The molecule has 1 saturated heterocycles. The lowest BCUT2D eigenvalue weighted by Crippen LogP contribution is -2.17. The Kier molecular flexibility index (Phi) is 1.18. The van der Waals surface area contributed by atoms with Crippen LogP contribution in [-0.4, -0.2) is 12.2 Å². The third-order valence-corrected chi connectivity index (χ3v) is 3.49. The summed E-state index contributed by atoms with van der Waals surface area (Å²) in [7, 11) is 0. The Hall–Kier alpha value is -0.810. The van der Waals surface area contributed by atoms with E-state index in [1.807, 2.05) is 0 Å². The SMILES string of the molecule is N#CC1CC2C3C=CC(O3)C2C1. The van der Waals surface area contributed by atoms with Crippen LogP contribution >= 0.6 is 0 Å². The Morgan fingerprint density at radius 2 is 1.75 bits per heavy atom. The number of rotatable bonds is 0. The van der Waals surface area contributed by atoms with Crippen LogP contribution in [0.1, 0.15) is 12.8 Å². The molecule has 1 saturated carbocycles. The van der Waals surface area contributed by atoms with Crippen LogP contribution in [0.25, 0.3) is 0 Å². The number of nitriles is 1. The average molecular weight is 161 g/mol. The molecule has 0 aromatic rings. The van der Waals surface area contributed by atoms with Crippen molar-refractivity contribution in [3.63, 3.8) is 0 Å². The summed E-state index contributed by atoms with van der Waals surface area (Å²) in [5, 5.41) is 8.80. The van der Waals surface area contributed by atoms with Crippen LogP contribution in [0.2, 0.25) is 0 Å². The molecule has 2 bridgehead atoms. The first-order valence-electron chi connectivity index (χ1n) is 4.62. The van der Waals surface area contributed by atoms with Gasteiger partial charge in [-0.25, -0.2) is 0 Å². The number of ether oxygens (including phenoxy) is 1. The monoisotopic (exact) mass is 161 g/mol. The van der Waals surface area contributed by atoms with Crippen molar-refractivity contribution in [2.75, 3.05) is 0 Å². The molecule has 2 fully saturated rings. The maximum absolute atomic E-state index is 8.80. The van der Waals surface area contributed by atoms with E-state index in [2.05, 4.69) is 18.2 Å². The second kappa shape index (κ2) is 2.11. The second-order valence-corrected chi connectivity index (χ2v) is 4.08. The minimum absolute atomic E-state index is 0.300. The predicted molar refractivity (Wildman–Crippen MR) is 43.1 cm³/mol. The fraction of sp³-hybridized carbons (Fsp3) is 0.700. The van der Waals surface area contributed by atoms with Gasteiger partial charge in [-0.3, -0.25) is 0 Å². The van der Waals surface area contributed by atoms with Crippen molar-refractivity contribution in [1.29, 1.82) is 5.26 Å². The third kappa shape index (κ3) is 0.676. The van der Waals surface area contributed by atoms with Gasteiger partial charge in [0.25, 0.3) is 0 Å². The topological polar surface area (TPSA) is 33.0 Å². The van der Waals surface area contributed by atoms with E-state index in [0.29, 0.717) is 30.0 Å². The highest BCUT2D eigenvalue weighted by molar-refractivity contribution is 5.18. The first-order valence-corrected chi connectivity index (χ1v) is 4.62. The van der Waals surface area contributed by atoms with E-state index in [0.717, 1.165) is 12.8 Å². The normalized spacial score (nSPS) is 54.1. The van der Waals surface area contributed by atoms with E-state index >= 15 is 0 Å². The fourth-order valence-electron chi connectivity index (χ4n) is 2.94. The zero-order valence-electron chi connectivity index (χ0n) is 6.81. The summed E-state index contributed by atoms with van der Waals surface area (Å²) in [6, 6.07) is 2.38. The minimum Gasteiger partial charge on any atom is -0.366 e. The van der Waals surface area contributed by atoms with Gasteiger partial charge in [-0.15, -0.1) is 0 Å². The van der Waals surface area contributed by atoms with Crippen LogP contribution in [0, 0.1) is 29.1 Å². The summed E-state index contributed by atoms with van der Waals surface area (Å²) in [5.41, 5.74) is 0. The first-order chi connectivity index (χ1) is 5.88. The van der Waals surface area contributed by atoms with Gasteiger partial charge in [0, 0.05) is 5.92 Å². The van der Waals surface area contributed by atoms with Crippen molar-refractivity contribution in [2.45, 2.75) is 25.0 Å². The molecule has 4 unspecified atom stereocenters. The molecule has 3 rings (SSSR count). The van der Waals surface area contributed by atoms with Crippen molar-refractivity contribution in [1.82, 2.24) is 0 Å². The van der Waals surface area contributed by atoms with Crippen LogP contribution in [0.15, 0.2) is 12.2 Å². The van der Waals surface area contributed by atoms with E-state index in [1.165, 1.54) is 0 Å². The van der Waals surface area contributed by atoms with Gasteiger partial charge in [0.2, 0.25) is 0 Å². The summed E-state index contributed by atoms with van der Waals surface area (Å²) < 4.78 is 5.71. The number of hydrogen-bond acceptors (Lipinski definition) is 2. The molecule has 1 aliphatic carbocycles. The van der Waals surface area contributed by atoms with E-state index in [9.17, 15) is 0 Å². The fourth-order valence-corrected chi connectivity index (χ4v) is 2.94. The van der Waals surface area contributed by atoms with Gasteiger partial charge in [-0.1, -0.05) is 12.2 Å². The Morgan fingerprint density at radius 3 is 2.25 bits per heavy atom. The zero-order chi connectivity index (χ0) is 8.13. The molecule has 2 nitrogen and oxygen atoms in total. The van der Waals surface area contributed by atoms with Gasteiger partial charge >= 0.3 is 0 Å². The molecule has 2 heteroatoms. The molecular formula is C10H11NO. The van der Waals surface area contributed by atoms with Crippen LogP contribution in [0.5, 0.6) is 0 Å². The molecule has 0 N–H and O–H groups in total. The highest BCUT2D eigenvalue weighted by atomic mass is 16.5. The molecule has 3 aliphatic rings. The maximum Gasteiger partial charge on any atom is 0.0797 e. The molecule has 0 radical (unpaired) electrons. The van der Waals surface area contributed by atoms with Gasteiger partial charge in [0.15, 0.2) is 0 Å². The van der Waals surface area contributed by atoms with E-state index in [-0.39, 0.29) is 0 Å². The lowest BCUT2D eigenvalue weighted by Gasteiger charge is -2.14. The largest absolute Gasteiger partial charge is 0.366 e. The van der Waals surface area contributed by atoms with Crippen LogP contribution in [0.3, 0.4) is 0 Å². The van der Waals surface area contributed by atoms with Crippen molar-refractivity contribution < 1.29 is 4.74 Å². The van der Waals surface area contributed by atoms with Gasteiger partial charge in [0.05, 0.1) is 18.3 Å². The zero-order valence-corrected chi connectivity index (χ0v) is 6.81. The highest BCUT2D eigenvalue weighted by Gasteiger charge is 2.50. The quantitative estimate of drug-likeness (QED) is 0.504.